The highest BCUT2D eigenvalue weighted by Gasteiger charge is 2.11. The molecular weight excluding hydrogens is 204 g/mol. The molecular formula is C10H8N6. The van der Waals surface area contributed by atoms with E-state index in [1.54, 1.807) is 33.9 Å². The van der Waals surface area contributed by atoms with Gasteiger partial charge in [-0.2, -0.15) is 10.5 Å². The van der Waals surface area contributed by atoms with Crippen molar-refractivity contribution in [2.45, 2.75) is 13.1 Å². The van der Waals surface area contributed by atoms with Crippen molar-refractivity contribution >= 4 is 0 Å². The van der Waals surface area contributed by atoms with E-state index in [-0.39, 0.29) is 13.1 Å². The Bertz CT molecular complexity index is 512. The van der Waals surface area contributed by atoms with E-state index in [0.29, 0.717) is 11.6 Å². The van der Waals surface area contributed by atoms with Gasteiger partial charge in [0.1, 0.15) is 13.1 Å². The van der Waals surface area contributed by atoms with Crippen molar-refractivity contribution in [2.75, 3.05) is 0 Å². The van der Waals surface area contributed by atoms with Crippen molar-refractivity contribution in [2.24, 2.45) is 0 Å². The number of rotatable bonds is 3. The number of hydrogen-bond donors (Lipinski definition) is 0. The minimum absolute atomic E-state index is 0.217. The highest BCUT2D eigenvalue weighted by molar-refractivity contribution is 5.45. The maximum atomic E-state index is 8.65. The lowest BCUT2D eigenvalue weighted by Gasteiger charge is -2.04. The molecule has 2 heterocycles. The second-order valence-electron chi connectivity index (χ2n) is 3.07. The maximum absolute atomic E-state index is 8.65. The summed E-state index contributed by atoms with van der Waals surface area (Å²) >= 11 is 0. The van der Waals surface area contributed by atoms with E-state index in [9.17, 15) is 0 Å². The Morgan fingerprint density at radius 3 is 1.75 bits per heavy atom. The number of hydrogen-bond acceptors (Lipinski definition) is 4. The van der Waals surface area contributed by atoms with E-state index in [0.717, 1.165) is 0 Å². The molecule has 0 spiro atoms. The zero-order valence-electron chi connectivity index (χ0n) is 8.41. The van der Waals surface area contributed by atoms with Crippen LogP contribution in [0, 0.1) is 22.7 Å². The van der Waals surface area contributed by atoms with Gasteiger partial charge in [-0.1, -0.05) is 0 Å². The molecule has 2 rings (SSSR count). The SMILES string of the molecule is N#CCn1ccnc1-c1nccn1CC#N. The fourth-order valence-corrected chi connectivity index (χ4v) is 1.44. The lowest BCUT2D eigenvalue weighted by molar-refractivity contribution is 0.789. The number of aromatic nitrogens is 4. The monoisotopic (exact) mass is 212 g/mol. The average molecular weight is 212 g/mol. The largest absolute Gasteiger partial charge is 0.315 e. The first-order valence-electron chi connectivity index (χ1n) is 4.63. The number of imidazole rings is 2. The predicted molar refractivity (Wildman–Crippen MR) is 54.7 cm³/mol. The molecule has 0 aliphatic rings. The first-order valence-corrected chi connectivity index (χ1v) is 4.63. The third-order valence-corrected chi connectivity index (χ3v) is 2.11. The summed E-state index contributed by atoms with van der Waals surface area (Å²) in [6.07, 6.45) is 6.64. The van der Waals surface area contributed by atoms with Gasteiger partial charge in [-0.3, -0.25) is 0 Å². The van der Waals surface area contributed by atoms with Crippen LogP contribution in [0.25, 0.3) is 11.6 Å². The molecule has 0 aliphatic carbocycles. The normalized spacial score (nSPS) is 9.62. The minimum Gasteiger partial charge on any atom is -0.315 e. The van der Waals surface area contributed by atoms with Crippen LogP contribution < -0.4 is 0 Å². The zero-order valence-corrected chi connectivity index (χ0v) is 8.41. The first kappa shape index (κ1) is 9.94. The topological polar surface area (TPSA) is 83.2 Å². The smallest absolute Gasteiger partial charge is 0.177 e. The minimum atomic E-state index is 0.217. The zero-order chi connectivity index (χ0) is 11.4. The van der Waals surface area contributed by atoms with Crippen LogP contribution in [0.1, 0.15) is 0 Å². The van der Waals surface area contributed by atoms with Crippen LogP contribution in [0.3, 0.4) is 0 Å². The molecule has 2 aromatic rings. The van der Waals surface area contributed by atoms with Gasteiger partial charge >= 0.3 is 0 Å². The number of nitrogens with zero attached hydrogens (tertiary/aromatic N) is 6. The Labute approximate surface area is 92.0 Å². The highest BCUT2D eigenvalue weighted by Crippen LogP contribution is 2.14. The van der Waals surface area contributed by atoms with E-state index < -0.39 is 0 Å². The van der Waals surface area contributed by atoms with Crippen LogP contribution in [0.2, 0.25) is 0 Å². The summed E-state index contributed by atoms with van der Waals surface area (Å²) in [5.41, 5.74) is 0. The summed E-state index contributed by atoms with van der Waals surface area (Å²) in [4.78, 5) is 8.28. The van der Waals surface area contributed by atoms with Crippen molar-refractivity contribution in [3.05, 3.63) is 24.8 Å². The van der Waals surface area contributed by atoms with Gasteiger partial charge in [0.2, 0.25) is 0 Å². The lowest BCUT2D eigenvalue weighted by atomic mass is 10.5. The van der Waals surface area contributed by atoms with E-state index in [2.05, 4.69) is 9.97 Å². The Kier molecular flexibility index (Phi) is 2.66. The van der Waals surface area contributed by atoms with E-state index in [1.165, 1.54) is 0 Å². The summed E-state index contributed by atoms with van der Waals surface area (Å²) in [7, 11) is 0. The summed E-state index contributed by atoms with van der Waals surface area (Å²) < 4.78 is 3.38. The van der Waals surface area contributed by atoms with Crippen LogP contribution in [0.4, 0.5) is 0 Å². The molecule has 2 aromatic heterocycles. The molecule has 0 N–H and O–H groups in total. The molecule has 0 bridgehead atoms. The second-order valence-corrected chi connectivity index (χ2v) is 3.07. The molecule has 78 valence electrons. The van der Waals surface area contributed by atoms with Gasteiger partial charge in [-0.15, -0.1) is 0 Å². The van der Waals surface area contributed by atoms with Crippen LogP contribution in [0.15, 0.2) is 24.8 Å². The molecule has 0 saturated heterocycles. The molecule has 0 amide bonds. The Hall–Kier alpha value is -2.60. The van der Waals surface area contributed by atoms with Gasteiger partial charge in [0.15, 0.2) is 11.6 Å². The summed E-state index contributed by atoms with van der Waals surface area (Å²) in [5, 5.41) is 17.3. The van der Waals surface area contributed by atoms with E-state index in [4.69, 9.17) is 10.5 Å². The summed E-state index contributed by atoms with van der Waals surface area (Å²) in [5.74, 6) is 1.20. The van der Waals surface area contributed by atoms with Crippen molar-refractivity contribution in [3.63, 3.8) is 0 Å². The van der Waals surface area contributed by atoms with E-state index in [1.807, 2.05) is 12.1 Å². The van der Waals surface area contributed by atoms with Crippen LogP contribution in [-0.2, 0) is 13.1 Å². The molecule has 0 radical (unpaired) electrons. The molecule has 0 aliphatic heterocycles. The van der Waals surface area contributed by atoms with Gasteiger partial charge in [0.05, 0.1) is 12.1 Å². The molecule has 6 nitrogen and oxygen atoms in total. The van der Waals surface area contributed by atoms with Gasteiger partial charge in [0.25, 0.3) is 0 Å². The van der Waals surface area contributed by atoms with Gasteiger partial charge in [-0.25, -0.2) is 9.97 Å². The molecule has 0 atom stereocenters. The van der Waals surface area contributed by atoms with Crippen LogP contribution >= 0.6 is 0 Å². The highest BCUT2D eigenvalue weighted by atomic mass is 15.1. The summed E-state index contributed by atoms with van der Waals surface area (Å²) in [6.45, 7) is 0.434. The molecule has 0 unspecified atom stereocenters. The van der Waals surface area contributed by atoms with Crippen molar-refractivity contribution in [3.8, 4) is 23.8 Å². The summed E-state index contributed by atoms with van der Waals surface area (Å²) in [6, 6.07) is 4.09. The molecule has 0 saturated carbocycles. The number of nitriles is 2. The van der Waals surface area contributed by atoms with Crippen LogP contribution in [0.5, 0.6) is 0 Å². The lowest BCUT2D eigenvalue weighted by Crippen LogP contribution is -2.04. The maximum Gasteiger partial charge on any atom is 0.177 e. The van der Waals surface area contributed by atoms with Gasteiger partial charge < -0.3 is 9.13 Å². The average Bonchev–Trinajstić information content (AvgIpc) is 2.87. The molecule has 6 heteroatoms. The van der Waals surface area contributed by atoms with Crippen molar-refractivity contribution in [1.82, 2.24) is 19.1 Å². The Morgan fingerprint density at radius 2 is 1.38 bits per heavy atom. The third-order valence-electron chi connectivity index (χ3n) is 2.11. The molecule has 0 aromatic carbocycles. The van der Waals surface area contributed by atoms with Gasteiger partial charge in [0, 0.05) is 24.8 Å². The van der Waals surface area contributed by atoms with Crippen molar-refractivity contribution < 1.29 is 0 Å². The quantitative estimate of drug-likeness (QED) is 0.753. The van der Waals surface area contributed by atoms with Crippen LogP contribution in [-0.4, -0.2) is 19.1 Å². The Morgan fingerprint density at radius 1 is 0.938 bits per heavy atom. The fourth-order valence-electron chi connectivity index (χ4n) is 1.44. The molecule has 16 heavy (non-hydrogen) atoms. The fraction of sp³-hybridized carbons (Fsp3) is 0.200. The molecule has 0 fully saturated rings. The Balaban J connectivity index is 2.43. The third kappa shape index (κ3) is 1.64. The first-order chi connectivity index (χ1) is 7.86. The second kappa shape index (κ2) is 4.28. The van der Waals surface area contributed by atoms with Crippen molar-refractivity contribution in [1.29, 1.82) is 10.5 Å². The van der Waals surface area contributed by atoms with E-state index >= 15 is 0 Å². The standard InChI is InChI=1S/C10H8N6/c11-1-5-15-7-3-13-9(15)10-14-4-8-16(10)6-2-12/h3-4,7-8H,5-6H2. The van der Waals surface area contributed by atoms with Gasteiger partial charge in [-0.05, 0) is 0 Å². The predicted octanol–water partition coefficient (Wildman–Crippen LogP) is 0.794.